The Labute approximate surface area is 131 Å². The summed E-state index contributed by atoms with van der Waals surface area (Å²) in [5, 5.41) is 9.97. The molecule has 2 rings (SSSR count). The highest BCUT2D eigenvalue weighted by Gasteiger charge is 2.16. The molecule has 5 nitrogen and oxygen atoms in total. The molecule has 1 heterocycles. The third kappa shape index (κ3) is 3.71. The van der Waals surface area contributed by atoms with Crippen LogP contribution in [0.15, 0.2) is 36.5 Å². The molecule has 0 spiro atoms. The number of hydrogen-bond acceptors (Lipinski definition) is 3. The van der Waals surface area contributed by atoms with E-state index in [2.05, 4.69) is 10.3 Å². The fourth-order valence-electron chi connectivity index (χ4n) is 1.83. The molecule has 2 aromatic rings. The van der Waals surface area contributed by atoms with Gasteiger partial charge in [-0.2, -0.15) is 0 Å². The summed E-state index contributed by atoms with van der Waals surface area (Å²) < 4.78 is 0. The van der Waals surface area contributed by atoms with Crippen LogP contribution in [0.2, 0.25) is 10.0 Å². The van der Waals surface area contributed by atoms with Gasteiger partial charge in [-0.1, -0.05) is 29.3 Å². The molecule has 1 aromatic heterocycles. The highest BCUT2D eigenvalue weighted by atomic mass is 35.5. The van der Waals surface area contributed by atoms with Crippen molar-refractivity contribution in [1.82, 2.24) is 10.3 Å². The van der Waals surface area contributed by atoms with Gasteiger partial charge in [-0.15, -0.1) is 0 Å². The predicted molar refractivity (Wildman–Crippen MR) is 83.5 cm³/mol. The highest BCUT2D eigenvalue weighted by molar-refractivity contribution is 6.38. The number of rotatable bonds is 3. The molecular weight excluding hydrogens is 311 g/mol. The molecule has 0 saturated heterocycles. The fraction of sp³-hybridized carbons (Fsp3) is 0.0714. The number of nitrogens with zero attached hydrogens (tertiary/aromatic N) is 1. The number of benzene rings is 1. The third-order valence-corrected chi connectivity index (χ3v) is 3.52. The van der Waals surface area contributed by atoms with E-state index < -0.39 is 11.9 Å². The summed E-state index contributed by atoms with van der Waals surface area (Å²) in [4.78, 5) is 15.9. The smallest absolute Gasteiger partial charge is 0.231 e. The Morgan fingerprint density at radius 2 is 2.05 bits per heavy atom. The van der Waals surface area contributed by atoms with Gasteiger partial charge in [0.05, 0.1) is 17.1 Å². The molecule has 4 N–H and O–H groups in total. The molecule has 0 aliphatic heterocycles. The van der Waals surface area contributed by atoms with E-state index in [0.29, 0.717) is 26.9 Å². The van der Waals surface area contributed by atoms with Crippen molar-refractivity contribution in [3.05, 3.63) is 52.1 Å². The number of pyridine rings is 1. The maximum Gasteiger partial charge on any atom is 0.231 e. The quantitative estimate of drug-likeness (QED) is 0.599. The molecule has 1 aromatic carbocycles. The van der Waals surface area contributed by atoms with E-state index in [1.807, 2.05) is 12.1 Å². The van der Waals surface area contributed by atoms with Crippen molar-refractivity contribution in [1.29, 1.82) is 5.41 Å². The SMILES string of the molecule is N=C(N)NC(=O)Cc1c(Cl)ccc(-c2ccccn2)c1Cl. The van der Waals surface area contributed by atoms with Crippen LogP contribution in [0, 0.1) is 5.41 Å². The van der Waals surface area contributed by atoms with Gasteiger partial charge < -0.3 is 5.73 Å². The standard InChI is InChI=1S/C14H12Cl2N4O/c15-10-5-4-8(11-3-1-2-6-19-11)13(16)9(10)7-12(21)20-14(17)18/h1-6H,7H2,(H4,17,18,20,21). The average molecular weight is 323 g/mol. The van der Waals surface area contributed by atoms with Crippen molar-refractivity contribution in [2.75, 3.05) is 0 Å². The largest absolute Gasteiger partial charge is 0.370 e. The van der Waals surface area contributed by atoms with Gasteiger partial charge >= 0.3 is 0 Å². The van der Waals surface area contributed by atoms with E-state index >= 15 is 0 Å². The minimum atomic E-state index is -0.454. The lowest BCUT2D eigenvalue weighted by Crippen LogP contribution is -2.36. The number of guanidine groups is 1. The van der Waals surface area contributed by atoms with Crippen LogP contribution < -0.4 is 11.1 Å². The lowest BCUT2D eigenvalue weighted by molar-refractivity contribution is -0.119. The lowest BCUT2D eigenvalue weighted by Gasteiger charge is -2.11. The number of nitrogens with two attached hydrogens (primary N) is 1. The number of aromatic nitrogens is 1. The van der Waals surface area contributed by atoms with Crippen LogP contribution >= 0.6 is 23.2 Å². The zero-order chi connectivity index (χ0) is 15.4. The molecule has 0 unspecified atom stereocenters. The second-order valence-corrected chi connectivity index (χ2v) is 5.03. The molecule has 7 heteroatoms. The van der Waals surface area contributed by atoms with E-state index in [9.17, 15) is 4.79 Å². The molecule has 0 bridgehead atoms. The van der Waals surface area contributed by atoms with Gasteiger partial charge in [-0.25, -0.2) is 0 Å². The van der Waals surface area contributed by atoms with Crippen LogP contribution in [0.25, 0.3) is 11.3 Å². The van der Waals surface area contributed by atoms with Crippen LogP contribution in [0.5, 0.6) is 0 Å². The first kappa shape index (κ1) is 15.3. The zero-order valence-electron chi connectivity index (χ0n) is 10.9. The number of halogens is 2. The summed E-state index contributed by atoms with van der Waals surface area (Å²) in [7, 11) is 0. The maximum atomic E-state index is 11.7. The number of hydrogen-bond donors (Lipinski definition) is 3. The fourth-order valence-corrected chi connectivity index (χ4v) is 2.44. The van der Waals surface area contributed by atoms with Gasteiger partial charge in [0.2, 0.25) is 5.91 Å². The molecule has 0 atom stereocenters. The molecular formula is C14H12Cl2N4O. The summed E-state index contributed by atoms with van der Waals surface area (Å²) in [6, 6.07) is 8.87. The monoisotopic (exact) mass is 322 g/mol. The van der Waals surface area contributed by atoms with Gasteiger partial charge in [0, 0.05) is 16.8 Å². The Morgan fingerprint density at radius 3 is 2.67 bits per heavy atom. The van der Waals surface area contributed by atoms with Crippen LogP contribution in [-0.2, 0) is 11.2 Å². The number of carbonyl (C=O) groups is 1. The highest BCUT2D eigenvalue weighted by Crippen LogP contribution is 2.34. The van der Waals surface area contributed by atoms with Gasteiger partial charge in [0.1, 0.15) is 0 Å². The predicted octanol–water partition coefficient (Wildman–Crippen LogP) is 2.61. The first-order chi connectivity index (χ1) is 9.99. The molecule has 1 amide bonds. The first-order valence-corrected chi connectivity index (χ1v) is 6.76. The summed E-state index contributed by atoms with van der Waals surface area (Å²) in [6.45, 7) is 0. The first-order valence-electron chi connectivity index (χ1n) is 6.01. The molecule has 21 heavy (non-hydrogen) atoms. The van der Waals surface area contributed by atoms with Crippen molar-refractivity contribution >= 4 is 35.1 Å². The minimum Gasteiger partial charge on any atom is -0.370 e. The Bertz CT molecular complexity index is 689. The molecule has 0 radical (unpaired) electrons. The number of amides is 1. The zero-order valence-corrected chi connectivity index (χ0v) is 12.4. The number of nitrogens with one attached hydrogen (secondary N) is 2. The van der Waals surface area contributed by atoms with E-state index in [4.69, 9.17) is 34.3 Å². The third-order valence-electron chi connectivity index (χ3n) is 2.74. The van der Waals surface area contributed by atoms with Gasteiger partial charge in [-0.05, 0) is 29.8 Å². The topological polar surface area (TPSA) is 91.9 Å². The summed E-state index contributed by atoms with van der Waals surface area (Å²) in [5.74, 6) is -0.877. The van der Waals surface area contributed by atoms with E-state index in [1.54, 1.807) is 24.4 Å². The maximum absolute atomic E-state index is 11.7. The van der Waals surface area contributed by atoms with Gasteiger partial charge in [0.15, 0.2) is 5.96 Å². The molecule has 0 fully saturated rings. The normalized spacial score (nSPS) is 10.2. The number of carbonyl (C=O) groups excluding carboxylic acids is 1. The van der Waals surface area contributed by atoms with Crippen molar-refractivity contribution in [2.24, 2.45) is 5.73 Å². The van der Waals surface area contributed by atoms with Crippen molar-refractivity contribution in [3.8, 4) is 11.3 Å². The van der Waals surface area contributed by atoms with Crippen LogP contribution in [0.3, 0.4) is 0 Å². The Balaban J connectivity index is 2.38. The van der Waals surface area contributed by atoms with Crippen LogP contribution in [0.1, 0.15) is 5.56 Å². The van der Waals surface area contributed by atoms with Crippen LogP contribution in [0.4, 0.5) is 0 Å². The van der Waals surface area contributed by atoms with Crippen molar-refractivity contribution in [2.45, 2.75) is 6.42 Å². The van der Waals surface area contributed by atoms with E-state index in [1.165, 1.54) is 0 Å². The van der Waals surface area contributed by atoms with Crippen LogP contribution in [-0.4, -0.2) is 16.9 Å². The van der Waals surface area contributed by atoms with Crippen molar-refractivity contribution in [3.63, 3.8) is 0 Å². The second-order valence-electron chi connectivity index (χ2n) is 4.24. The molecule has 0 saturated carbocycles. The van der Waals surface area contributed by atoms with Crippen molar-refractivity contribution < 1.29 is 4.79 Å². The summed E-state index contributed by atoms with van der Waals surface area (Å²) in [6.07, 6.45) is 1.58. The minimum absolute atomic E-state index is 0.0715. The second kappa shape index (κ2) is 6.56. The molecule has 0 aliphatic carbocycles. The Hall–Kier alpha value is -2.11. The summed E-state index contributed by atoms with van der Waals surface area (Å²) in [5.41, 5.74) is 6.97. The average Bonchev–Trinajstić information content (AvgIpc) is 2.43. The molecule has 0 aliphatic rings. The molecule has 108 valence electrons. The Morgan fingerprint density at radius 1 is 1.29 bits per heavy atom. The summed E-state index contributed by atoms with van der Waals surface area (Å²) >= 11 is 12.4. The van der Waals surface area contributed by atoms with Gasteiger partial charge in [0.25, 0.3) is 0 Å². The Kier molecular flexibility index (Phi) is 4.77. The lowest BCUT2D eigenvalue weighted by atomic mass is 10.0. The van der Waals surface area contributed by atoms with E-state index in [0.717, 1.165) is 0 Å². The van der Waals surface area contributed by atoms with E-state index in [-0.39, 0.29) is 6.42 Å². The van der Waals surface area contributed by atoms with Gasteiger partial charge in [-0.3, -0.25) is 20.5 Å².